The number of rotatable bonds is 5. The van der Waals surface area contributed by atoms with Gasteiger partial charge in [-0.05, 0) is 50.2 Å². The predicted molar refractivity (Wildman–Crippen MR) is 85.8 cm³/mol. The van der Waals surface area contributed by atoms with Crippen molar-refractivity contribution in [1.29, 1.82) is 0 Å². The summed E-state index contributed by atoms with van der Waals surface area (Å²) in [5, 5.41) is 3.91. The Morgan fingerprint density at radius 3 is 2.58 bits per heavy atom. The molecular formula is C17H29NS. The lowest BCUT2D eigenvalue weighted by Crippen LogP contribution is -2.41. The number of hydrogen-bond donors (Lipinski definition) is 1. The third kappa shape index (κ3) is 3.82. The average molecular weight is 279 g/mol. The summed E-state index contributed by atoms with van der Waals surface area (Å²) in [6.45, 7) is 9.34. The van der Waals surface area contributed by atoms with Crippen molar-refractivity contribution in [2.24, 2.45) is 11.8 Å². The van der Waals surface area contributed by atoms with Gasteiger partial charge in [0.1, 0.15) is 0 Å². The van der Waals surface area contributed by atoms with Crippen molar-refractivity contribution in [2.45, 2.75) is 71.9 Å². The molecular weight excluding hydrogens is 250 g/mol. The van der Waals surface area contributed by atoms with Gasteiger partial charge in [-0.25, -0.2) is 0 Å². The fraction of sp³-hybridized carbons (Fsp3) is 0.765. The quantitative estimate of drug-likeness (QED) is 0.783. The van der Waals surface area contributed by atoms with Crippen molar-refractivity contribution < 1.29 is 0 Å². The van der Waals surface area contributed by atoms with Crippen LogP contribution in [-0.4, -0.2) is 6.04 Å². The minimum Gasteiger partial charge on any atom is -0.306 e. The van der Waals surface area contributed by atoms with Crippen LogP contribution >= 0.6 is 11.3 Å². The smallest absolute Gasteiger partial charge is 0.0388 e. The summed E-state index contributed by atoms with van der Waals surface area (Å²) < 4.78 is 0. The first-order chi connectivity index (χ1) is 9.11. The number of aryl methyl sites for hydroxylation is 1. The number of hydrogen-bond acceptors (Lipinski definition) is 2. The zero-order valence-electron chi connectivity index (χ0n) is 12.9. The highest BCUT2D eigenvalue weighted by Gasteiger charge is 2.28. The van der Waals surface area contributed by atoms with Crippen LogP contribution in [0.2, 0.25) is 0 Å². The molecule has 2 rings (SSSR count). The van der Waals surface area contributed by atoms with Gasteiger partial charge in [0.15, 0.2) is 0 Å². The van der Waals surface area contributed by atoms with Crippen LogP contribution < -0.4 is 5.32 Å². The van der Waals surface area contributed by atoms with E-state index in [0.717, 1.165) is 24.3 Å². The van der Waals surface area contributed by atoms with Crippen molar-refractivity contribution in [3.05, 3.63) is 21.9 Å². The van der Waals surface area contributed by atoms with E-state index >= 15 is 0 Å². The number of thiophene rings is 1. The van der Waals surface area contributed by atoms with Crippen LogP contribution in [0.5, 0.6) is 0 Å². The lowest BCUT2D eigenvalue weighted by molar-refractivity contribution is 0.195. The molecule has 3 unspecified atom stereocenters. The van der Waals surface area contributed by atoms with Gasteiger partial charge in [-0.1, -0.05) is 33.6 Å². The van der Waals surface area contributed by atoms with E-state index in [-0.39, 0.29) is 0 Å². The second kappa shape index (κ2) is 6.90. The molecule has 0 aromatic carbocycles. The second-order valence-corrected chi connectivity index (χ2v) is 7.54. The molecule has 1 fully saturated rings. The van der Waals surface area contributed by atoms with Crippen LogP contribution in [0.3, 0.4) is 0 Å². The summed E-state index contributed by atoms with van der Waals surface area (Å²) in [4.78, 5) is 3.01. The molecule has 0 bridgehead atoms. The minimum absolute atomic E-state index is 0.509. The fourth-order valence-corrected chi connectivity index (χ4v) is 4.35. The highest BCUT2D eigenvalue weighted by molar-refractivity contribution is 7.12. The van der Waals surface area contributed by atoms with E-state index in [9.17, 15) is 0 Å². The maximum atomic E-state index is 3.91. The Morgan fingerprint density at radius 2 is 1.95 bits per heavy atom. The van der Waals surface area contributed by atoms with Crippen molar-refractivity contribution in [2.75, 3.05) is 0 Å². The van der Waals surface area contributed by atoms with E-state index in [1.165, 1.54) is 35.4 Å². The van der Waals surface area contributed by atoms with Gasteiger partial charge in [0.2, 0.25) is 0 Å². The predicted octanol–water partition coefficient (Wildman–Crippen LogP) is 5.18. The Bertz CT molecular complexity index is 382. The first-order valence-corrected chi connectivity index (χ1v) is 8.78. The van der Waals surface area contributed by atoms with Crippen molar-refractivity contribution in [1.82, 2.24) is 5.32 Å². The van der Waals surface area contributed by atoms with Gasteiger partial charge >= 0.3 is 0 Å². The zero-order valence-corrected chi connectivity index (χ0v) is 13.7. The van der Waals surface area contributed by atoms with Crippen LogP contribution in [0.1, 0.15) is 69.2 Å². The highest BCUT2D eigenvalue weighted by Crippen LogP contribution is 2.32. The van der Waals surface area contributed by atoms with Crippen LogP contribution in [0.25, 0.3) is 0 Å². The van der Waals surface area contributed by atoms with E-state index < -0.39 is 0 Å². The summed E-state index contributed by atoms with van der Waals surface area (Å²) >= 11 is 1.98. The average Bonchev–Trinajstić information content (AvgIpc) is 2.88. The van der Waals surface area contributed by atoms with Gasteiger partial charge in [0, 0.05) is 21.8 Å². The largest absolute Gasteiger partial charge is 0.306 e. The number of nitrogens with one attached hydrogen (secondary N) is 1. The molecule has 0 saturated heterocycles. The monoisotopic (exact) mass is 279 g/mol. The van der Waals surface area contributed by atoms with E-state index in [4.69, 9.17) is 0 Å². The Kier molecular flexibility index (Phi) is 5.47. The van der Waals surface area contributed by atoms with Crippen LogP contribution in [0.15, 0.2) is 12.1 Å². The SMILES string of the molecule is CCc1ccc(C(C)NC2CCCCC2C(C)C)s1. The van der Waals surface area contributed by atoms with Gasteiger partial charge in [0.25, 0.3) is 0 Å². The van der Waals surface area contributed by atoms with Gasteiger partial charge < -0.3 is 5.32 Å². The standard InChI is InChI=1S/C17H29NS/c1-5-14-10-11-17(19-14)13(4)18-16-9-7-6-8-15(16)12(2)3/h10-13,15-16,18H,5-9H2,1-4H3. The minimum atomic E-state index is 0.509. The summed E-state index contributed by atoms with van der Waals surface area (Å²) in [6.07, 6.45) is 6.76. The lowest BCUT2D eigenvalue weighted by atomic mass is 9.77. The molecule has 0 spiro atoms. The van der Waals surface area contributed by atoms with Crippen molar-refractivity contribution in [3.63, 3.8) is 0 Å². The molecule has 108 valence electrons. The molecule has 1 aromatic rings. The maximum Gasteiger partial charge on any atom is 0.0388 e. The highest BCUT2D eigenvalue weighted by atomic mass is 32.1. The molecule has 1 aliphatic rings. The van der Waals surface area contributed by atoms with E-state index in [1.54, 1.807) is 0 Å². The molecule has 0 radical (unpaired) electrons. The molecule has 1 heterocycles. The van der Waals surface area contributed by atoms with Crippen molar-refractivity contribution >= 4 is 11.3 Å². The van der Waals surface area contributed by atoms with Gasteiger partial charge in [-0.2, -0.15) is 0 Å². The summed E-state index contributed by atoms with van der Waals surface area (Å²) in [6, 6.07) is 5.83. The van der Waals surface area contributed by atoms with Crippen molar-refractivity contribution in [3.8, 4) is 0 Å². The zero-order chi connectivity index (χ0) is 13.8. The van der Waals surface area contributed by atoms with E-state index in [0.29, 0.717) is 6.04 Å². The normalized spacial score (nSPS) is 25.7. The Morgan fingerprint density at radius 1 is 1.21 bits per heavy atom. The topological polar surface area (TPSA) is 12.0 Å². The first-order valence-electron chi connectivity index (χ1n) is 7.96. The van der Waals surface area contributed by atoms with Crippen LogP contribution in [0.4, 0.5) is 0 Å². The molecule has 19 heavy (non-hydrogen) atoms. The molecule has 1 saturated carbocycles. The molecule has 2 heteroatoms. The maximum absolute atomic E-state index is 3.91. The molecule has 0 amide bonds. The van der Waals surface area contributed by atoms with Crippen LogP contribution in [-0.2, 0) is 6.42 Å². The molecule has 0 aliphatic heterocycles. The lowest BCUT2D eigenvalue weighted by Gasteiger charge is -2.36. The fourth-order valence-electron chi connectivity index (χ4n) is 3.38. The third-order valence-electron chi connectivity index (χ3n) is 4.60. The molecule has 1 N–H and O–H groups in total. The Hall–Kier alpha value is -0.340. The van der Waals surface area contributed by atoms with Gasteiger partial charge in [-0.15, -0.1) is 11.3 Å². The first kappa shape index (κ1) is 15.1. The Labute approximate surface area is 122 Å². The summed E-state index contributed by atoms with van der Waals surface area (Å²) in [7, 11) is 0. The van der Waals surface area contributed by atoms with E-state index in [2.05, 4.69) is 45.1 Å². The van der Waals surface area contributed by atoms with E-state index in [1.807, 2.05) is 11.3 Å². The Balaban J connectivity index is 1.98. The summed E-state index contributed by atoms with van der Waals surface area (Å²) in [5.74, 6) is 1.67. The van der Waals surface area contributed by atoms with Gasteiger partial charge in [-0.3, -0.25) is 0 Å². The molecule has 1 aromatic heterocycles. The summed E-state index contributed by atoms with van der Waals surface area (Å²) in [5.41, 5.74) is 0. The molecule has 3 atom stereocenters. The van der Waals surface area contributed by atoms with Gasteiger partial charge in [0.05, 0.1) is 0 Å². The van der Waals surface area contributed by atoms with Crippen LogP contribution in [0, 0.1) is 11.8 Å². The third-order valence-corrected chi connectivity index (χ3v) is 6.01. The molecule has 1 nitrogen and oxygen atoms in total. The second-order valence-electron chi connectivity index (χ2n) is 6.34. The molecule has 1 aliphatic carbocycles.